The van der Waals surface area contributed by atoms with Gasteiger partial charge in [-0.3, -0.25) is 10.1 Å². The molecule has 0 unspecified atom stereocenters. The molecule has 1 rings (SSSR count). The molecule has 14 heavy (non-hydrogen) atoms. The predicted octanol–water partition coefficient (Wildman–Crippen LogP) is 2.39. The molecule has 0 amide bonds. The Hall–Kier alpha value is -0.840. The fraction of sp³-hybridized carbons (Fsp3) is 0.250. The van der Waals surface area contributed by atoms with E-state index in [9.17, 15) is 10.1 Å². The predicted molar refractivity (Wildman–Crippen MR) is 58.1 cm³/mol. The third kappa shape index (κ3) is 3.14. The molecule has 0 atom stereocenters. The van der Waals surface area contributed by atoms with Gasteiger partial charge >= 0.3 is 0 Å². The lowest BCUT2D eigenvalue weighted by Gasteiger charge is -2.02. The minimum Gasteiger partial charge on any atom is -0.316 e. The first kappa shape index (κ1) is 13.2. The molecule has 1 N–H and O–H groups in total. The molecule has 0 aromatic heterocycles. The molecular weight excluding hydrogens is 227 g/mol. The molecule has 0 aliphatic rings. The van der Waals surface area contributed by atoms with Crippen LogP contribution in [0.4, 0.5) is 5.69 Å². The highest BCUT2D eigenvalue weighted by atomic mass is 35.5. The molecule has 1 aromatic carbocycles. The monoisotopic (exact) mass is 236 g/mol. The Morgan fingerprint density at radius 3 is 2.71 bits per heavy atom. The van der Waals surface area contributed by atoms with Crippen molar-refractivity contribution < 1.29 is 4.92 Å². The maximum absolute atomic E-state index is 10.4. The van der Waals surface area contributed by atoms with Gasteiger partial charge in [0.15, 0.2) is 0 Å². The van der Waals surface area contributed by atoms with Crippen LogP contribution in [-0.2, 0) is 6.54 Å². The third-order valence-corrected chi connectivity index (χ3v) is 1.98. The summed E-state index contributed by atoms with van der Waals surface area (Å²) in [5.41, 5.74) is 0.799. The van der Waals surface area contributed by atoms with Crippen LogP contribution in [0.3, 0.4) is 0 Å². The molecule has 0 spiro atoms. The average molecular weight is 237 g/mol. The Kier molecular flexibility index (Phi) is 5.45. The number of benzene rings is 1. The van der Waals surface area contributed by atoms with E-state index in [0.29, 0.717) is 11.6 Å². The lowest BCUT2D eigenvalue weighted by molar-refractivity contribution is -0.384. The number of hydrogen-bond acceptors (Lipinski definition) is 3. The number of nitrogens with one attached hydrogen (secondary N) is 1. The summed E-state index contributed by atoms with van der Waals surface area (Å²) in [4.78, 5) is 9.98. The first-order chi connectivity index (χ1) is 6.15. The van der Waals surface area contributed by atoms with Crippen LogP contribution >= 0.6 is 24.0 Å². The summed E-state index contributed by atoms with van der Waals surface area (Å²) in [6, 6.07) is 4.40. The lowest BCUT2D eigenvalue weighted by atomic mass is 10.2. The molecule has 0 bridgehead atoms. The van der Waals surface area contributed by atoms with Crippen molar-refractivity contribution in [3.63, 3.8) is 0 Å². The van der Waals surface area contributed by atoms with E-state index in [1.54, 1.807) is 7.05 Å². The summed E-state index contributed by atoms with van der Waals surface area (Å²) in [6.07, 6.45) is 0. The van der Waals surface area contributed by atoms with Crippen molar-refractivity contribution in [2.75, 3.05) is 7.05 Å². The molecule has 0 aliphatic heterocycles. The minimum absolute atomic E-state index is 0. The van der Waals surface area contributed by atoms with Crippen LogP contribution in [-0.4, -0.2) is 12.0 Å². The van der Waals surface area contributed by atoms with Gasteiger partial charge in [-0.2, -0.15) is 0 Å². The lowest BCUT2D eigenvalue weighted by Crippen LogP contribution is -2.05. The average Bonchev–Trinajstić information content (AvgIpc) is 2.08. The van der Waals surface area contributed by atoms with Crippen molar-refractivity contribution in [3.8, 4) is 0 Å². The summed E-state index contributed by atoms with van der Waals surface area (Å²) in [6.45, 7) is 0.528. The van der Waals surface area contributed by atoms with Crippen LogP contribution in [0.5, 0.6) is 0 Å². The normalized spacial score (nSPS) is 9.29. The van der Waals surface area contributed by atoms with E-state index >= 15 is 0 Å². The topological polar surface area (TPSA) is 55.2 Å². The van der Waals surface area contributed by atoms with Gasteiger partial charge in [-0.1, -0.05) is 11.6 Å². The number of rotatable bonds is 3. The van der Waals surface area contributed by atoms with E-state index in [1.165, 1.54) is 18.2 Å². The van der Waals surface area contributed by atoms with Crippen molar-refractivity contribution >= 4 is 29.7 Å². The van der Waals surface area contributed by atoms with Gasteiger partial charge in [-0.25, -0.2) is 0 Å². The summed E-state index contributed by atoms with van der Waals surface area (Å²) in [5.74, 6) is 0. The number of hydrogen-bond donors (Lipinski definition) is 1. The van der Waals surface area contributed by atoms with Gasteiger partial charge in [0.25, 0.3) is 5.69 Å². The smallest absolute Gasteiger partial charge is 0.269 e. The Morgan fingerprint density at radius 1 is 1.57 bits per heavy atom. The van der Waals surface area contributed by atoms with E-state index < -0.39 is 4.92 Å². The molecule has 0 saturated heterocycles. The largest absolute Gasteiger partial charge is 0.316 e. The van der Waals surface area contributed by atoms with Crippen molar-refractivity contribution in [2.24, 2.45) is 0 Å². The molecule has 6 heteroatoms. The van der Waals surface area contributed by atoms with E-state index in [0.717, 1.165) is 5.56 Å². The van der Waals surface area contributed by atoms with Crippen LogP contribution < -0.4 is 5.32 Å². The molecule has 0 heterocycles. The molecule has 0 aliphatic carbocycles. The molecule has 4 nitrogen and oxygen atoms in total. The summed E-state index contributed by atoms with van der Waals surface area (Å²) in [5, 5.41) is 13.8. The fourth-order valence-electron chi connectivity index (χ4n) is 1.00. The molecule has 1 aromatic rings. The number of nitrogens with zero attached hydrogens (tertiary/aromatic N) is 1. The Balaban J connectivity index is 0.00000169. The zero-order chi connectivity index (χ0) is 9.84. The Labute approximate surface area is 92.8 Å². The molecular formula is C8H10Cl2N2O2. The second kappa shape index (κ2) is 5.80. The van der Waals surface area contributed by atoms with Crippen LogP contribution in [0.2, 0.25) is 5.02 Å². The van der Waals surface area contributed by atoms with Crippen LogP contribution in [0, 0.1) is 10.1 Å². The Bertz CT molecular complexity index is 331. The van der Waals surface area contributed by atoms with Crippen LogP contribution in [0.15, 0.2) is 18.2 Å². The minimum atomic E-state index is -0.435. The highest BCUT2D eigenvalue weighted by Crippen LogP contribution is 2.21. The van der Waals surface area contributed by atoms with E-state index in [-0.39, 0.29) is 18.1 Å². The second-order valence-corrected chi connectivity index (χ2v) is 2.97. The highest BCUT2D eigenvalue weighted by Gasteiger charge is 2.08. The number of halogens is 2. The molecule has 0 fully saturated rings. The maximum atomic E-state index is 10.4. The summed E-state index contributed by atoms with van der Waals surface area (Å²) < 4.78 is 0. The molecule has 0 radical (unpaired) electrons. The van der Waals surface area contributed by atoms with E-state index in [4.69, 9.17) is 11.6 Å². The zero-order valence-electron chi connectivity index (χ0n) is 7.49. The maximum Gasteiger partial charge on any atom is 0.269 e. The zero-order valence-corrected chi connectivity index (χ0v) is 9.06. The van der Waals surface area contributed by atoms with E-state index in [1.807, 2.05) is 0 Å². The van der Waals surface area contributed by atoms with Crippen molar-refractivity contribution in [3.05, 3.63) is 38.9 Å². The van der Waals surface area contributed by atoms with Gasteiger partial charge in [0, 0.05) is 23.7 Å². The third-order valence-electron chi connectivity index (χ3n) is 1.61. The molecule has 78 valence electrons. The standard InChI is InChI=1S/C8H9ClN2O2.ClH/c1-10-5-6-4-7(11(12)13)2-3-8(6)9;/h2-4,10H,5H2,1H3;1H. The van der Waals surface area contributed by atoms with E-state index in [2.05, 4.69) is 5.32 Å². The van der Waals surface area contributed by atoms with Gasteiger partial charge in [0.05, 0.1) is 4.92 Å². The number of nitro groups is 1. The van der Waals surface area contributed by atoms with Gasteiger partial charge in [0.2, 0.25) is 0 Å². The molecule has 0 saturated carbocycles. The number of nitro benzene ring substituents is 1. The summed E-state index contributed by atoms with van der Waals surface area (Å²) in [7, 11) is 1.76. The van der Waals surface area contributed by atoms with Gasteiger partial charge < -0.3 is 5.32 Å². The summed E-state index contributed by atoms with van der Waals surface area (Å²) >= 11 is 5.82. The first-order valence-corrected chi connectivity index (χ1v) is 4.10. The second-order valence-electron chi connectivity index (χ2n) is 2.56. The van der Waals surface area contributed by atoms with Crippen molar-refractivity contribution in [2.45, 2.75) is 6.54 Å². The Morgan fingerprint density at radius 2 is 2.21 bits per heavy atom. The quantitative estimate of drug-likeness (QED) is 0.648. The highest BCUT2D eigenvalue weighted by molar-refractivity contribution is 6.31. The van der Waals surface area contributed by atoms with Gasteiger partial charge in [-0.15, -0.1) is 12.4 Å². The van der Waals surface area contributed by atoms with Gasteiger partial charge in [-0.05, 0) is 18.7 Å². The van der Waals surface area contributed by atoms with Gasteiger partial charge in [0.1, 0.15) is 0 Å². The van der Waals surface area contributed by atoms with Crippen molar-refractivity contribution in [1.29, 1.82) is 0 Å². The number of non-ortho nitro benzene ring substituents is 1. The SMILES string of the molecule is CNCc1cc([N+](=O)[O-])ccc1Cl.Cl. The first-order valence-electron chi connectivity index (χ1n) is 3.72. The van der Waals surface area contributed by atoms with Crippen LogP contribution in [0.1, 0.15) is 5.56 Å². The van der Waals surface area contributed by atoms with Crippen molar-refractivity contribution in [1.82, 2.24) is 5.32 Å². The fourth-order valence-corrected chi connectivity index (χ4v) is 1.18. The van der Waals surface area contributed by atoms with Crippen LogP contribution in [0.25, 0.3) is 0 Å².